The number of allylic oxidation sites excluding steroid dienone is 1. The Morgan fingerprint density at radius 1 is 0.606 bits per heavy atom. The Labute approximate surface area is 192 Å². The van der Waals surface area contributed by atoms with Gasteiger partial charge >= 0.3 is 0 Å². The maximum atomic E-state index is 14.6. The molecule has 0 saturated heterocycles. The standard InChI is InChI=1S/C30H23F3/c1-2-3-4-21-5-7-22(8-6-21)9-10-24-12-15-25(28(31)18-24)14-11-23-13-16-26-19-29(32)30(33)20-27(26)17-23/h2,5-8,12-13,15-20H,1,3-4,9-10H2. The average Bonchev–Trinajstić information content (AvgIpc) is 2.82. The van der Waals surface area contributed by atoms with E-state index in [2.05, 4.69) is 42.7 Å². The fourth-order valence-corrected chi connectivity index (χ4v) is 3.70. The molecule has 0 N–H and O–H groups in total. The summed E-state index contributed by atoms with van der Waals surface area (Å²) in [4.78, 5) is 0. The third kappa shape index (κ3) is 5.73. The van der Waals surface area contributed by atoms with Gasteiger partial charge in [0.15, 0.2) is 11.6 Å². The van der Waals surface area contributed by atoms with Crippen LogP contribution in [0.1, 0.15) is 34.2 Å². The molecular weight excluding hydrogens is 417 g/mol. The number of benzene rings is 4. The highest BCUT2D eigenvalue weighted by Crippen LogP contribution is 2.20. The van der Waals surface area contributed by atoms with Gasteiger partial charge in [-0.2, -0.15) is 0 Å². The summed E-state index contributed by atoms with van der Waals surface area (Å²) in [5.41, 5.74) is 4.33. The van der Waals surface area contributed by atoms with Gasteiger partial charge in [0.2, 0.25) is 0 Å². The highest BCUT2D eigenvalue weighted by atomic mass is 19.2. The Balaban J connectivity index is 1.43. The lowest BCUT2D eigenvalue weighted by Gasteiger charge is -2.05. The van der Waals surface area contributed by atoms with Crippen LogP contribution in [0.3, 0.4) is 0 Å². The lowest BCUT2D eigenvalue weighted by Crippen LogP contribution is -1.94. The summed E-state index contributed by atoms with van der Waals surface area (Å²) in [7, 11) is 0. The average molecular weight is 441 g/mol. The normalized spacial score (nSPS) is 10.6. The summed E-state index contributed by atoms with van der Waals surface area (Å²) < 4.78 is 41.4. The van der Waals surface area contributed by atoms with Crippen LogP contribution in [0.25, 0.3) is 10.8 Å². The van der Waals surface area contributed by atoms with Crippen LogP contribution in [0, 0.1) is 29.3 Å². The van der Waals surface area contributed by atoms with Gasteiger partial charge < -0.3 is 0 Å². The van der Waals surface area contributed by atoms with Crippen molar-refractivity contribution in [1.82, 2.24) is 0 Å². The van der Waals surface area contributed by atoms with Crippen molar-refractivity contribution in [2.75, 3.05) is 0 Å². The molecule has 33 heavy (non-hydrogen) atoms. The van der Waals surface area contributed by atoms with Gasteiger partial charge in [0.05, 0.1) is 5.56 Å². The number of hydrogen-bond acceptors (Lipinski definition) is 0. The minimum atomic E-state index is -0.905. The Morgan fingerprint density at radius 3 is 1.94 bits per heavy atom. The second-order valence-corrected chi connectivity index (χ2v) is 8.04. The van der Waals surface area contributed by atoms with Gasteiger partial charge in [-0.25, -0.2) is 13.2 Å². The molecule has 0 aliphatic carbocycles. The molecule has 0 aliphatic heterocycles. The van der Waals surface area contributed by atoms with Crippen LogP contribution in [0.2, 0.25) is 0 Å². The van der Waals surface area contributed by atoms with Crippen molar-refractivity contribution in [3.63, 3.8) is 0 Å². The van der Waals surface area contributed by atoms with Crippen LogP contribution in [0.5, 0.6) is 0 Å². The molecule has 0 radical (unpaired) electrons. The predicted octanol–water partition coefficient (Wildman–Crippen LogP) is 7.56. The van der Waals surface area contributed by atoms with E-state index in [1.165, 1.54) is 17.2 Å². The van der Waals surface area contributed by atoms with Gasteiger partial charge in [0, 0.05) is 5.56 Å². The van der Waals surface area contributed by atoms with E-state index in [-0.39, 0.29) is 5.82 Å². The molecule has 0 atom stereocenters. The van der Waals surface area contributed by atoms with Crippen LogP contribution in [0.4, 0.5) is 13.2 Å². The zero-order chi connectivity index (χ0) is 23.2. The fourth-order valence-electron chi connectivity index (χ4n) is 3.70. The van der Waals surface area contributed by atoms with Crippen molar-refractivity contribution < 1.29 is 13.2 Å². The van der Waals surface area contributed by atoms with E-state index in [9.17, 15) is 13.2 Å². The van der Waals surface area contributed by atoms with E-state index in [1.54, 1.807) is 24.3 Å². The molecule has 0 aromatic heterocycles. The second-order valence-electron chi connectivity index (χ2n) is 8.04. The first kappa shape index (κ1) is 22.4. The molecule has 0 fully saturated rings. The van der Waals surface area contributed by atoms with E-state index in [0.717, 1.165) is 43.4 Å². The fraction of sp³-hybridized carbons (Fsp3) is 0.133. The summed E-state index contributed by atoms with van der Waals surface area (Å²) in [6, 6.07) is 21.0. The van der Waals surface area contributed by atoms with E-state index in [1.807, 2.05) is 12.1 Å². The molecular formula is C30H23F3. The SMILES string of the molecule is C=CCCc1ccc(CCc2ccc(C#Cc3ccc4cc(F)c(F)cc4c3)c(F)c2)cc1. The van der Waals surface area contributed by atoms with Crippen molar-refractivity contribution in [3.05, 3.63) is 131 Å². The van der Waals surface area contributed by atoms with Gasteiger partial charge in [-0.3, -0.25) is 0 Å². The molecule has 3 heteroatoms. The van der Waals surface area contributed by atoms with Crippen LogP contribution < -0.4 is 0 Å². The Bertz CT molecular complexity index is 1360. The maximum absolute atomic E-state index is 14.6. The van der Waals surface area contributed by atoms with E-state index in [4.69, 9.17) is 0 Å². The highest BCUT2D eigenvalue weighted by Gasteiger charge is 2.05. The number of aryl methyl sites for hydroxylation is 3. The zero-order valence-electron chi connectivity index (χ0n) is 18.2. The molecule has 0 bridgehead atoms. The number of rotatable bonds is 6. The van der Waals surface area contributed by atoms with Crippen molar-refractivity contribution >= 4 is 10.8 Å². The molecule has 0 amide bonds. The van der Waals surface area contributed by atoms with Gasteiger partial charge in [-0.1, -0.05) is 54.3 Å². The number of hydrogen-bond donors (Lipinski definition) is 0. The molecule has 4 aromatic carbocycles. The van der Waals surface area contributed by atoms with Crippen LogP contribution in [0.15, 0.2) is 85.5 Å². The first-order chi connectivity index (χ1) is 16.0. The van der Waals surface area contributed by atoms with Crippen LogP contribution >= 0.6 is 0 Å². The molecule has 0 saturated carbocycles. The topological polar surface area (TPSA) is 0 Å². The minimum Gasteiger partial charge on any atom is -0.206 e. The molecule has 0 nitrogen and oxygen atoms in total. The van der Waals surface area contributed by atoms with Crippen molar-refractivity contribution in [1.29, 1.82) is 0 Å². The smallest absolute Gasteiger partial charge is 0.159 e. The number of halogens is 3. The minimum absolute atomic E-state index is 0.302. The van der Waals surface area contributed by atoms with E-state index >= 15 is 0 Å². The molecule has 4 rings (SSSR count). The van der Waals surface area contributed by atoms with Gasteiger partial charge in [0.1, 0.15) is 5.82 Å². The summed E-state index contributed by atoms with van der Waals surface area (Å²) in [6.07, 6.45) is 5.45. The van der Waals surface area contributed by atoms with Crippen LogP contribution in [-0.2, 0) is 19.3 Å². The summed E-state index contributed by atoms with van der Waals surface area (Å²) in [5.74, 6) is 3.60. The first-order valence-corrected chi connectivity index (χ1v) is 10.9. The summed E-state index contributed by atoms with van der Waals surface area (Å²) in [6.45, 7) is 3.75. The summed E-state index contributed by atoms with van der Waals surface area (Å²) in [5, 5.41) is 1.13. The molecule has 0 spiro atoms. The molecule has 0 unspecified atom stereocenters. The first-order valence-electron chi connectivity index (χ1n) is 10.9. The monoisotopic (exact) mass is 440 g/mol. The Hall–Kier alpha value is -3.77. The second kappa shape index (κ2) is 10.2. The lowest BCUT2D eigenvalue weighted by atomic mass is 10.0. The predicted molar refractivity (Wildman–Crippen MR) is 129 cm³/mol. The Kier molecular flexibility index (Phi) is 6.95. The molecule has 0 heterocycles. The third-order valence-electron chi connectivity index (χ3n) is 5.62. The van der Waals surface area contributed by atoms with Crippen LogP contribution in [-0.4, -0.2) is 0 Å². The lowest BCUT2D eigenvalue weighted by molar-refractivity contribution is 0.511. The third-order valence-corrected chi connectivity index (χ3v) is 5.62. The zero-order valence-corrected chi connectivity index (χ0v) is 18.2. The number of fused-ring (bicyclic) bond motifs is 1. The molecule has 164 valence electrons. The quantitative estimate of drug-likeness (QED) is 0.214. The molecule has 0 aliphatic rings. The highest BCUT2D eigenvalue weighted by molar-refractivity contribution is 5.84. The van der Waals surface area contributed by atoms with Crippen molar-refractivity contribution in [2.45, 2.75) is 25.7 Å². The van der Waals surface area contributed by atoms with Gasteiger partial charge in [-0.15, -0.1) is 6.58 Å². The van der Waals surface area contributed by atoms with Crippen molar-refractivity contribution in [3.8, 4) is 11.8 Å². The van der Waals surface area contributed by atoms with E-state index in [0.29, 0.717) is 21.9 Å². The Morgan fingerprint density at radius 2 is 1.24 bits per heavy atom. The molecule has 4 aromatic rings. The van der Waals surface area contributed by atoms with Crippen molar-refractivity contribution in [2.24, 2.45) is 0 Å². The van der Waals surface area contributed by atoms with Gasteiger partial charge in [-0.05, 0) is 89.5 Å². The largest absolute Gasteiger partial charge is 0.206 e. The maximum Gasteiger partial charge on any atom is 0.159 e. The van der Waals surface area contributed by atoms with Gasteiger partial charge in [0.25, 0.3) is 0 Å². The summed E-state index contributed by atoms with van der Waals surface area (Å²) >= 11 is 0. The van der Waals surface area contributed by atoms with E-state index < -0.39 is 11.6 Å².